The first-order valence-corrected chi connectivity index (χ1v) is 14.0. The van der Waals surface area contributed by atoms with E-state index in [0.29, 0.717) is 0 Å². The fourth-order valence-electron chi connectivity index (χ4n) is 5.63. The summed E-state index contributed by atoms with van der Waals surface area (Å²) in [6.07, 6.45) is 0. The maximum atomic E-state index is 2.42. The van der Waals surface area contributed by atoms with Gasteiger partial charge in [-0.05, 0) is 57.5 Å². The molecule has 0 N–H and O–H groups in total. The molecule has 0 aliphatic heterocycles. The topological polar surface area (TPSA) is 3.24 Å². The van der Waals surface area contributed by atoms with Gasteiger partial charge in [0.15, 0.2) is 0 Å². The van der Waals surface area contributed by atoms with Crippen molar-refractivity contribution in [3.8, 4) is 33.4 Å². The molecule has 0 bridgehead atoms. The van der Waals surface area contributed by atoms with Gasteiger partial charge in [-0.3, -0.25) is 0 Å². The van der Waals surface area contributed by atoms with Crippen LogP contribution in [0.25, 0.3) is 44.2 Å². The zero-order valence-electron chi connectivity index (χ0n) is 22.7. The van der Waals surface area contributed by atoms with Gasteiger partial charge in [-0.25, -0.2) is 0 Å². The lowest BCUT2D eigenvalue weighted by atomic mass is 9.96. The van der Waals surface area contributed by atoms with Crippen molar-refractivity contribution in [2.75, 3.05) is 4.90 Å². The van der Waals surface area contributed by atoms with E-state index in [2.05, 4.69) is 181 Å². The van der Waals surface area contributed by atoms with E-state index < -0.39 is 0 Å². The van der Waals surface area contributed by atoms with Crippen LogP contribution in [0.2, 0.25) is 0 Å². The summed E-state index contributed by atoms with van der Waals surface area (Å²) in [6, 6.07) is 62.9. The van der Waals surface area contributed by atoms with Gasteiger partial charge in [0.2, 0.25) is 0 Å². The molecule has 1 nitrogen and oxygen atoms in total. The molecule has 1 heteroatoms. The van der Waals surface area contributed by atoms with Crippen LogP contribution in [0, 0.1) is 0 Å². The van der Waals surface area contributed by atoms with E-state index in [0.717, 1.165) is 17.1 Å². The molecular formula is C40H29N. The first kappa shape index (κ1) is 24.6. The van der Waals surface area contributed by atoms with Gasteiger partial charge >= 0.3 is 0 Å². The van der Waals surface area contributed by atoms with Crippen LogP contribution in [0.5, 0.6) is 0 Å². The van der Waals surface area contributed by atoms with E-state index >= 15 is 0 Å². The highest BCUT2D eigenvalue weighted by Gasteiger charge is 2.20. The first-order chi connectivity index (χ1) is 20.3. The molecule has 0 spiro atoms. The Morgan fingerprint density at radius 1 is 0.317 bits per heavy atom. The molecule has 0 unspecified atom stereocenters. The molecule has 0 saturated carbocycles. The van der Waals surface area contributed by atoms with Crippen molar-refractivity contribution in [2.45, 2.75) is 0 Å². The summed E-state index contributed by atoms with van der Waals surface area (Å²) >= 11 is 0. The third-order valence-corrected chi connectivity index (χ3v) is 7.67. The fourth-order valence-corrected chi connectivity index (χ4v) is 5.63. The van der Waals surface area contributed by atoms with Crippen molar-refractivity contribution in [3.05, 3.63) is 176 Å². The Kier molecular flexibility index (Phi) is 6.61. The molecule has 0 heterocycles. The highest BCUT2D eigenvalue weighted by Crippen LogP contribution is 2.45. The second-order valence-corrected chi connectivity index (χ2v) is 10.2. The molecule has 7 rings (SSSR count). The quantitative estimate of drug-likeness (QED) is 0.209. The summed E-state index contributed by atoms with van der Waals surface area (Å²) in [5, 5.41) is 2.43. The predicted octanol–water partition coefficient (Wildman–Crippen LogP) is 11.3. The average Bonchev–Trinajstić information content (AvgIpc) is 3.06. The lowest BCUT2D eigenvalue weighted by Crippen LogP contribution is -2.12. The molecular weight excluding hydrogens is 494 g/mol. The SMILES string of the molecule is c1ccc(-c2ccc(N(c3cc(-c4ccccc4)ccc3-c3ccccc3)c3cccc4ccccc34)cc2)cc1. The van der Waals surface area contributed by atoms with Crippen LogP contribution >= 0.6 is 0 Å². The molecule has 7 aromatic rings. The molecule has 0 aliphatic rings. The molecule has 0 saturated heterocycles. The smallest absolute Gasteiger partial charge is 0.0546 e. The standard InChI is InChI=1S/C40H29N/c1-4-13-30(14-5-1)32-23-26-36(27-24-32)41(39-22-12-20-34-19-10-11-21-37(34)39)40-29-35(31-15-6-2-7-16-31)25-28-38(40)33-17-8-3-9-18-33/h1-29H. The summed E-state index contributed by atoms with van der Waals surface area (Å²) in [4.78, 5) is 2.42. The van der Waals surface area contributed by atoms with E-state index in [4.69, 9.17) is 0 Å². The van der Waals surface area contributed by atoms with Gasteiger partial charge in [0.1, 0.15) is 0 Å². The van der Waals surface area contributed by atoms with Gasteiger partial charge in [-0.2, -0.15) is 0 Å². The Morgan fingerprint density at radius 3 is 1.51 bits per heavy atom. The maximum Gasteiger partial charge on any atom is 0.0546 e. The highest BCUT2D eigenvalue weighted by atomic mass is 15.1. The molecule has 194 valence electrons. The zero-order chi connectivity index (χ0) is 27.4. The number of hydrogen-bond acceptors (Lipinski definition) is 1. The van der Waals surface area contributed by atoms with Crippen LogP contribution in [0.3, 0.4) is 0 Å². The van der Waals surface area contributed by atoms with Gasteiger partial charge < -0.3 is 4.90 Å². The van der Waals surface area contributed by atoms with Gasteiger partial charge in [0.25, 0.3) is 0 Å². The summed E-state index contributed by atoms with van der Waals surface area (Å²) < 4.78 is 0. The second kappa shape index (κ2) is 11.0. The molecule has 7 aromatic carbocycles. The minimum atomic E-state index is 1.11. The zero-order valence-corrected chi connectivity index (χ0v) is 22.7. The monoisotopic (exact) mass is 523 g/mol. The molecule has 0 aromatic heterocycles. The Labute approximate surface area is 241 Å². The van der Waals surface area contributed by atoms with Gasteiger partial charge in [-0.15, -0.1) is 0 Å². The van der Waals surface area contributed by atoms with Crippen LogP contribution in [-0.4, -0.2) is 0 Å². The van der Waals surface area contributed by atoms with E-state index in [1.807, 2.05) is 0 Å². The molecule has 0 atom stereocenters. The normalized spacial score (nSPS) is 10.9. The van der Waals surface area contributed by atoms with Crippen molar-refractivity contribution < 1.29 is 0 Å². The van der Waals surface area contributed by atoms with Crippen molar-refractivity contribution in [2.24, 2.45) is 0 Å². The lowest BCUT2D eigenvalue weighted by Gasteiger charge is -2.30. The molecule has 41 heavy (non-hydrogen) atoms. The molecule has 0 amide bonds. The van der Waals surface area contributed by atoms with Crippen LogP contribution in [-0.2, 0) is 0 Å². The fraction of sp³-hybridized carbons (Fsp3) is 0. The van der Waals surface area contributed by atoms with E-state index in [9.17, 15) is 0 Å². The van der Waals surface area contributed by atoms with Crippen LogP contribution < -0.4 is 4.90 Å². The number of nitrogens with zero attached hydrogens (tertiary/aromatic N) is 1. The van der Waals surface area contributed by atoms with Gasteiger partial charge in [0, 0.05) is 16.6 Å². The van der Waals surface area contributed by atoms with Crippen LogP contribution in [0.1, 0.15) is 0 Å². The Morgan fingerprint density at radius 2 is 0.829 bits per heavy atom. The van der Waals surface area contributed by atoms with E-state index in [1.54, 1.807) is 0 Å². The molecule has 0 fully saturated rings. The Balaban J connectivity index is 1.49. The number of anilines is 3. The number of rotatable bonds is 6. The molecule has 0 aliphatic carbocycles. The first-order valence-electron chi connectivity index (χ1n) is 14.0. The van der Waals surface area contributed by atoms with Crippen molar-refractivity contribution in [1.82, 2.24) is 0 Å². The van der Waals surface area contributed by atoms with Crippen molar-refractivity contribution in [3.63, 3.8) is 0 Å². The third-order valence-electron chi connectivity index (χ3n) is 7.67. The minimum Gasteiger partial charge on any atom is -0.309 e. The van der Waals surface area contributed by atoms with E-state index in [1.165, 1.54) is 44.2 Å². The average molecular weight is 524 g/mol. The van der Waals surface area contributed by atoms with Gasteiger partial charge in [0.05, 0.1) is 11.4 Å². The predicted molar refractivity (Wildman–Crippen MR) is 175 cm³/mol. The van der Waals surface area contributed by atoms with Crippen LogP contribution in [0.4, 0.5) is 17.1 Å². The van der Waals surface area contributed by atoms with Crippen LogP contribution in [0.15, 0.2) is 176 Å². The minimum absolute atomic E-state index is 1.11. The van der Waals surface area contributed by atoms with Crippen molar-refractivity contribution >= 4 is 27.8 Å². The number of benzene rings is 7. The molecule has 0 radical (unpaired) electrons. The maximum absolute atomic E-state index is 2.42. The number of hydrogen-bond donors (Lipinski definition) is 0. The highest BCUT2D eigenvalue weighted by molar-refractivity contribution is 6.01. The third kappa shape index (κ3) is 4.90. The summed E-state index contributed by atoms with van der Waals surface area (Å²) in [5.74, 6) is 0. The summed E-state index contributed by atoms with van der Waals surface area (Å²) in [6.45, 7) is 0. The Bertz CT molecular complexity index is 1900. The largest absolute Gasteiger partial charge is 0.309 e. The van der Waals surface area contributed by atoms with Crippen molar-refractivity contribution in [1.29, 1.82) is 0 Å². The van der Waals surface area contributed by atoms with E-state index in [-0.39, 0.29) is 0 Å². The summed E-state index contributed by atoms with van der Waals surface area (Å²) in [5.41, 5.74) is 10.6. The van der Waals surface area contributed by atoms with Gasteiger partial charge in [-0.1, -0.05) is 152 Å². The second-order valence-electron chi connectivity index (χ2n) is 10.2. The summed E-state index contributed by atoms with van der Waals surface area (Å²) in [7, 11) is 0. The lowest BCUT2D eigenvalue weighted by molar-refractivity contribution is 1.30. The Hall–Kier alpha value is -5.40. The number of fused-ring (bicyclic) bond motifs is 1.